The minimum Gasteiger partial charge on any atom is -0.503 e. The standard InChI is InChI=1S/C14H18BrF3N2O2.2ClH/c1-22-12-7-9(6-10(15)13(12)21)11(8-14(16,17)18)20-4-2-19-3-5-20;;/h6-7,11,19,21H,2-5,8H2,1H3;2*1H/t11-;;/m0../s1. The zero-order valence-electron chi connectivity index (χ0n) is 12.9. The molecule has 10 heteroatoms. The van der Waals surface area contributed by atoms with Gasteiger partial charge in [0.2, 0.25) is 0 Å². The first-order valence-corrected chi connectivity index (χ1v) is 7.69. The van der Waals surface area contributed by atoms with Crippen LogP contribution in [0.5, 0.6) is 11.5 Å². The van der Waals surface area contributed by atoms with Crippen molar-refractivity contribution in [2.75, 3.05) is 33.3 Å². The van der Waals surface area contributed by atoms with Gasteiger partial charge in [-0.2, -0.15) is 13.2 Å². The molecule has 0 unspecified atom stereocenters. The predicted octanol–water partition coefficient (Wildman–Crippen LogP) is 3.91. The van der Waals surface area contributed by atoms with Gasteiger partial charge >= 0.3 is 6.18 Å². The Morgan fingerprint density at radius 2 is 1.88 bits per heavy atom. The van der Waals surface area contributed by atoms with E-state index >= 15 is 0 Å². The number of halogens is 6. The molecule has 0 bridgehead atoms. The third kappa shape index (κ3) is 6.15. The lowest BCUT2D eigenvalue weighted by Gasteiger charge is -2.36. The highest BCUT2D eigenvalue weighted by atomic mass is 79.9. The topological polar surface area (TPSA) is 44.7 Å². The smallest absolute Gasteiger partial charge is 0.390 e. The van der Waals surface area contributed by atoms with Crippen molar-refractivity contribution in [3.63, 3.8) is 0 Å². The van der Waals surface area contributed by atoms with Crippen LogP contribution < -0.4 is 10.1 Å². The van der Waals surface area contributed by atoms with Gasteiger partial charge in [-0.15, -0.1) is 24.8 Å². The van der Waals surface area contributed by atoms with Gasteiger partial charge < -0.3 is 15.2 Å². The molecule has 4 nitrogen and oxygen atoms in total. The average Bonchev–Trinajstić information content (AvgIpc) is 2.47. The minimum absolute atomic E-state index is 0. The van der Waals surface area contributed by atoms with Crippen molar-refractivity contribution in [1.29, 1.82) is 0 Å². The molecule has 2 N–H and O–H groups in total. The van der Waals surface area contributed by atoms with Gasteiger partial charge in [0, 0.05) is 32.2 Å². The number of nitrogens with zero attached hydrogens (tertiary/aromatic N) is 1. The molecule has 0 saturated carbocycles. The van der Waals surface area contributed by atoms with E-state index < -0.39 is 18.6 Å². The molecule has 1 saturated heterocycles. The minimum atomic E-state index is -4.27. The SMILES string of the molecule is COc1cc([C@H](CC(F)(F)F)N2CCNCC2)cc(Br)c1O.Cl.Cl. The van der Waals surface area contributed by atoms with E-state index in [1.54, 1.807) is 0 Å². The first-order chi connectivity index (χ1) is 10.3. The second-order valence-electron chi connectivity index (χ2n) is 5.17. The number of hydrogen-bond acceptors (Lipinski definition) is 4. The van der Waals surface area contributed by atoms with Gasteiger partial charge in [-0.3, -0.25) is 4.90 Å². The molecule has 24 heavy (non-hydrogen) atoms. The molecular weight excluding hydrogens is 436 g/mol. The molecule has 140 valence electrons. The number of methoxy groups -OCH3 is 1. The molecule has 1 aromatic carbocycles. The summed E-state index contributed by atoms with van der Waals surface area (Å²) < 4.78 is 44.3. The van der Waals surface area contributed by atoms with Gasteiger partial charge in [-0.05, 0) is 33.6 Å². The summed E-state index contributed by atoms with van der Waals surface area (Å²) in [6.45, 7) is 2.40. The molecular formula is C14H20BrCl2F3N2O2. The summed E-state index contributed by atoms with van der Waals surface area (Å²) in [5, 5.41) is 13.0. The Bertz CT molecular complexity index is 529. The maximum absolute atomic E-state index is 13.0. The second-order valence-corrected chi connectivity index (χ2v) is 6.03. The molecule has 0 amide bonds. The molecule has 1 aliphatic rings. The monoisotopic (exact) mass is 454 g/mol. The van der Waals surface area contributed by atoms with E-state index in [1.165, 1.54) is 19.2 Å². The number of hydrogen-bond donors (Lipinski definition) is 2. The molecule has 0 radical (unpaired) electrons. The maximum Gasteiger partial charge on any atom is 0.390 e. The van der Waals surface area contributed by atoms with Crippen LogP contribution in [0, 0.1) is 0 Å². The molecule has 1 atom stereocenters. The number of alkyl halides is 3. The van der Waals surface area contributed by atoms with Crippen molar-refractivity contribution < 1.29 is 23.0 Å². The van der Waals surface area contributed by atoms with E-state index in [0.29, 0.717) is 36.2 Å². The molecule has 0 aromatic heterocycles. The molecule has 1 fully saturated rings. The van der Waals surface area contributed by atoms with Gasteiger partial charge in [0.15, 0.2) is 11.5 Å². The van der Waals surface area contributed by atoms with E-state index in [2.05, 4.69) is 21.2 Å². The number of rotatable bonds is 4. The lowest BCUT2D eigenvalue weighted by atomic mass is 10.00. The average molecular weight is 456 g/mol. The summed E-state index contributed by atoms with van der Waals surface area (Å²) >= 11 is 3.17. The number of phenolic OH excluding ortho intramolecular Hbond substituents is 1. The molecule has 1 aliphatic heterocycles. The number of aromatic hydroxyl groups is 1. The van der Waals surface area contributed by atoms with Gasteiger partial charge in [0.25, 0.3) is 0 Å². The van der Waals surface area contributed by atoms with Gasteiger partial charge in [-0.1, -0.05) is 0 Å². The molecule has 2 rings (SSSR count). The number of piperazine rings is 1. The van der Waals surface area contributed by atoms with Crippen LogP contribution in [0.3, 0.4) is 0 Å². The van der Waals surface area contributed by atoms with Gasteiger partial charge in [-0.25, -0.2) is 0 Å². The third-order valence-electron chi connectivity index (χ3n) is 3.67. The van der Waals surface area contributed by atoms with Crippen LogP contribution in [-0.4, -0.2) is 49.5 Å². The van der Waals surface area contributed by atoms with Crippen molar-refractivity contribution in [1.82, 2.24) is 10.2 Å². The lowest BCUT2D eigenvalue weighted by molar-refractivity contribution is -0.148. The molecule has 1 aromatic rings. The fraction of sp³-hybridized carbons (Fsp3) is 0.571. The summed E-state index contributed by atoms with van der Waals surface area (Å²) in [4.78, 5) is 1.81. The number of nitrogens with one attached hydrogen (secondary N) is 1. The van der Waals surface area contributed by atoms with Crippen molar-refractivity contribution in [3.05, 3.63) is 22.2 Å². The highest BCUT2D eigenvalue weighted by molar-refractivity contribution is 9.10. The second kappa shape index (κ2) is 9.91. The fourth-order valence-electron chi connectivity index (χ4n) is 2.61. The van der Waals surface area contributed by atoms with E-state index in [9.17, 15) is 18.3 Å². The van der Waals surface area contributed by atoms with Crippen LogP contribution in [0.2, 0.25) is 0 Å². The first-order valence-electron chi connectivity index (χ1n) is 6.89. The lowest BCUT2D eigenvalue weighted by Crippen LogP contribution is -2.46. The van der Waals surface area contributed by atoms with Crippen LogP contribution >= 0.6 is 40.7 Å². The number of benzene rings is 1. The Morgan fingerprint density at radius 3 is 2.38 bits per heavy atom. The Morgan fingerprint density at radius 1 is 1.29 bits per heavy atom. The summed E-state index contributed by atoms with van der Waals surface area (Å²) in [6, 6.07) is 2.20. The quantitative estimate of drug-likeness (QED) is 0.722. The highest BCUT2D eigenvalue weighted by Crippen LogP contribution is 2.41. The largest absolute Gasteiger partial charge is 0.503 e. The fourth-order valence-corrected chi connectivity index (χ4v) is 3.07. The predicted molar refractivity (Wildman–Crippen MR) is 94.7 cm³/mol. The van der Waals surface area contributed by atoms with Crippen LogP contribution in [0.4, 0.5) is 13.2 Å². The van der Waals surface area contributed by atoms with Crippen molar-refractivity contribution in [2.24, 2.45) is 0 Å². The number of phenols is 1. The van der Waals surface area contributed by atoms with Gasteiger partial charge in [0.1, 0.15) is 0 Å². The van der Waals surface area contributed by atoms with Crippen LogP contribution in [0.25, 0.3) is 0 Å². The third-order valence-corrected chi connectivity index (χ3v) is 4.28. The Labute approximate surface area is 159 Å². The molecule has 0 aliphatic carbocycles. The van der Waals surface area contributed by atoms with Gasteiger partial charge in [0.05, 0.1) is 18.0 Å². The summed E-state index contributed by atoms with van der Waals surface area (Å²) in [5.74, 6) is 0.0454. The molecule has 0 spiro atoms. The normalized spacial score (nSPS) is 16.7. The van der Waals surface area contributed by atoms with E-state index in [-0.39, 0.29) is 36.3 Å². The van der Waals surface area contributed by atoms with E-state index in [1.807, 2.05) is 4.90 Å². The maximum atomic E-state index is 13.0. The van der Waals surface area contributed by atoms with Crippen molar-refractivity contribution in [2.45, 2.75) is 18.6 Å². The van der Waals surface area contributed by atoms with E-state index in [4.69, 9.17) is 4.74 Å². The van der Waals surface area contributed by atoms with Crippen LogP contribution in [-0.2, 0) is 0 Å². The van der Waals surface area contributed by atoms with E-state index in [0.717, 1.165) is 0 Å². The Kier molecular flexibility index (Phi) is 9.74. The molecule has 1 heterocycles. The summed E-state index contributed by atoms with van der Waals surface area (Å²) in [5.41, 5.74) is 0.473. The summed E-state index contributed by atoms with van der Waals surface area (Å²) in [6.07, 6.45) is -5.21. The Hall–Kier alpha value is -0.410. The Balaban J connectivity index is 0.00000264. The van der Waals surface area contributed by atoms with Crippen molar-refractivity contribution in [3.8, 4) is 11.5 Å². The summed E-state index contributed by atoms with van der Waals surface area (Å²) in [7, 11) is 1.37. The highest BCUT2D eigenvalue weighted by Gasteiger charge is 2.36. The van der Waals surface area contributed by atoms with Crippen LogP contribution in [0.15, 0.2) is 16.6 Å². The number of ether oxygens (including phenoxy) is 1. The zero-order valence-corrected chi connectivity index (χ0v) is 16.1. The van der Waals surface area contributed by atoms with Crippen molar-refractivity contribution >= 4 is 40.7 Å². The zero-order chi connectivity index (χ0) is 16.3. The van der Waals surface area contributed by atoms with Crippen LogP contribution in [0.1, 0.15) is 18.0 Å². The first kappa shape index (κ1) is 23.6.